The van der Waals surface area contributed by atoms with Gasteiger partial charge in [-0.3, -0.25) is 9.55 Å². The first kappa shape index (κ1) is 50.7. The molecule has 17 aromatic rings. The molecule has 0 bridgehead atoms. The Morgan fingerprint density at radius 3 is 0.874 bits per heavy atom. The molecule has 416 valence electrons. The SMILES string of the molecule is Cc1ccc2c(c1)c1cc(C)ccc1n2-c1c(-c2ccccn2)c(-n2c3ccc(C)cc3c3cc(C)ccc32)c(-n2c3ccc(C)cc3c3cc(C)ccc32)c(-c2nc3ccccc3n2-c2ccccc2)c1-n1c2ccc(C)cc2c2cc(C)ccc21. The van der Waals surface area contributed by atoms with Gasteiger partial charge in [0.2, 0.25) is 0 Å². The number of benzene rings is 11. The van der Waals surface area contributed by atoms with E-state index in [1.165, 1.54) is 87.6 Å². The summed E-state index contributed by atoms with van der Waals surface area (Å²) in [6, 6.07) is 82.1. The third-order valence-corrected chi connectivity index (χ3v) is 18.3. The molecular weight excluding hydrogens is 1060 g/mol. The second-order valence-electron chi connectivity index (χ2n) is 24.5. The lowest BCUT2D eigenvalue weighted by Gasteiger charge is -2.31. The maximum absolute atomic E-state index is 6.12. The Morgan fingerprint density at radius 2 is 0.552 bits per heavy atom. The normalized spacial score (nSPS) is 12.1. The van der Waals surface area contributed by atoms with Crippen LogP contribution in [0.2, 0.25) is 0 Å². The van der Waals surface area contributed by atoms with Gasteiger partial charge in [-0.2, -0.15) is 0 Å². The van der Waals surface area contributed by atoms with Crippen LogP contribution in [0.15, 0.2) is 225 Å². The summed E-state index contributed by atoms with van der Waals surface area (Å²) < 4.78 is 12.8. The predicted octanol–water partition coefficient (Wildman–Crippen LogP) is 20.6. The van der Waals surface area contributed by atoms with Crippen LogP contribution in [0.4, 0.5) is 0 Å². The molecular formula is C80H61N7. The predicted molar refractivity (Wildman–Crippen MR) is 365 cm³/mol. The topological polar surface area (TPSA) is 50.4 Å². The van der Waals surface area contributed by atoms with E-state index in [0.717, 1.165) is 106 Å². The maximum atomic E-state index is 6.12. The average Bonchev–Trinajstić information content (AvgIpc) is 1.61. The highest BCUT2D eigenvalue weighted by atomic mass is 15.2. The Morgan fingerprint density at radius 1 is 0.253 bits per heavy atom. The van der Waals surface area contributed by atoms with E-state index in [2.05, 4.69) is 297 Å². The second kappa shape index (κ2) is 18.9. The summed E-state index contributed by atoms with van der Waals surface area (Å²) in [5.74, 6) is 0.797. The van der Waals surface area contributed by atoms with E-state index in [0.29, 0.717) is 0 Å². The van der Waals surface area contributed by atoms with Gasteiger partial charge in [0.25, 0.3) is 0 Å². The molecule has 0 atom stereocenters. The van der Waals surface area contributed by atoms with Gasteiger partial charge in [0, 0.05) is 55.0 Å². The first-order chi connectivity index (χ1) is 42.4. The number of nitrogens with zero attached hydrogens (tertiary/aromatic N) is 7. The summed E-state index contributed by atoms with van der Waals surface area (Å²) in [4.78, 5) is 11.8. The Balaban J connectivity index is 1.29. The number of pyridine rings is 1. The number of aryl methyl sites for hydroxylation is 8. The highest BCUT2D eigenvalue weighted by Gasteiger charge is 2.38. The Bertz CT molecular complexity index is 5270. The van der Waals surface area contributed by atoms with Crippen molar-refractivity contribution in [2.45, 2.75) is 55.4 Å². The quantitative estimate of drug-likeness (QED) is 0.160. The van der Waals surface area contributed by atoms with Crippen molar-refractivity contribution < 1.29 is 0 Å². The van der Waals surface area contributed by atoms with Crippen molar-refractivity contribution in [2.24, 2.45) is 0 Å². The molecule has 17 rings (SSSR count). The van der Waals surface area contributed by atoms with Gasteiger partial charge in [-0.1, -0.05) is 129 Å². The van der Waals surface area contributed by atoms with Crippen molar-refractivity contribution in [3.63, 3.8) is 0 Å². The van der Waals surface area contributed by atoms with Crippen LogP contribution in [-0.2, 0) is 0 Å². The van der Waals surface area contributed by atoms with Crippen LogP contribution in [0, 0.1) is 55.4 Å². The Hall–Kier alpha value is -10.8. The van der Waals surface area contributed by atoms with E-state index < -0.39 is 0 Å². The van der Waals surface area contributed by atoms with Gasteiger partial charge >= 0.3 is 0 Å². The van der Waals surface area contributed by atoms with E-state index in [-0.39, 0.29) is 0 Å². The molecule has 0 unspecified atom stereocenters. The van der Waals surface area contributed by atoms with Gasteiger partial charge in [0.05, 0.1) is 94.7 Å². The van der Waals surface area contributed by atoms with Crippen molar-refractivity contribution in [1.29, 1.82) is 0 Å². The van der Waals surface area contributed by atoms with Gasteiger partial charge < -0.3 is 18.3 Å². The fourth-order valence-electron chi connectivity index (χ4n) is 14.5. The molecule has 0 aliphatic rings. The Labute approximate surface area is 503 Å². The lowest BCUT2D eigenvalue weighted by atomic mass is 9.94. The summed E-state index contributed by atoms with van der Waals surface area (Å²) in [5.41, 5.74) is 27.8. The fraction of sp³-hybridized carbons (Fsp3) is 0.100. The summed E-state index contributed by atoms with van der Waals surface area (Å²) in [6.45, 7) is 17.7. The first-order valence-corrected chi connectivity index (χ1v) is 30.2. The van der Waals surface area contributed by atoms with Crippen LogP contribution in [0.1, 0.15) is 44.5 Å². The van der Waals surface area contributed by atoms with Crippen molar-refractivity contribution >= 4 is 98.3 Å². The highest BCUT2D eigenvalue weighted by Crippen LogP contribution is 2.55. The minimum atomic E-state index is 0.797. The molecule has 0 spiro atoms. The Kier molecular flexibility index (Phi) is 11.0. The van der Waals surface area contributed by atoms with Crippen molar-refractivity contribution in [1.82, 2.24) is 32.8 Å². The second-order valence-corrected chi connectivity index (χ2v) is 24.5. The highest BCUT2D eigenvalue weighted by molar-refractivity contribution is 6.19. The molecule has 7 heteroatoms. The lowest BCUT2D eigenvalue weighted by Crippen LogP contribution is -2.17. The number of imidazole rings is 1. The van der Waals surface area contributed by atoms with E-state index >= 15 is 0 Å². The van der Waals surface area contributed by atoms with Gasteiger partial charge in [0.1, 0.15) is 5.82 Å². The number of hydrogen-bond donors (Lipinski definition) is 0. The molecule has 11 aromatic carbocycles. The molecule has 0 aliphatic heterocycles. The van der Waals surface area contributed by atoms with E-state index in [1.807, 2.05) is 6.20 Å². The van der Waals surface area contributed by atoms with Crippen LogP contribution < -0.4 is 0 Å². The van der Waals surface area contributed by atoms with Crippen LogP contribution in [0.3, 0.4) is 0 Å². The fourth-order valence-corrected chi connectivity index (χ4v) is 14.5. The molecule has 87 heavy (non-hydrogen) atoms. The lowest BCUT2D eigenvalue weighted by molar-refractivity contribution is 1.02. The van der Waals surface area contributed by atoms with Crippen LogP contribution in [0.5, 0.6) is 0 Å². The summed E-state index contributed by atoms with van der Waals surface area (Å²) in [6.07, 6.45) is 1.97. The van der Waals surface area contributed by atoms with Gasteiger partial charge in [-0.05, 0) is 189 Å². The zero-order valence-electron chi connectivity index (χ0n) is 50.0. The molecule has 0 amide bonds. The van der Waals surface area contributed by atoms with Gasteiger partial charge in [0.15, 0.2) is 0 Å². The smallest absolute Gasteiger partial charge is 0.150 e. The number of aromatic nitrogens is 7. The molecule has 0 fully saturated rings. The largest absolute Gasteiger partial charge is 0.306 e. The maximum Gasteiger partial charge on any atom is 0.150 e. The van der Waals surface area contributed by atoms with E-state index in [1.54, 1.807) is 0 Å². The first-order valence-electron chi connectivity index (χ1n) is 30.2. The van der Waals surface area contributed by atoms with E-state index in [4.69, 9.17) is 9.97 Å². The third-order valence-electron chi connectivity index (χ3n) is 18.3. The molecule has 7 nitrogen and oxygen atoms in total. The third kappa shape index (κ3) is 7.48. The van der Waals surface area contributed by atoms with Crippen LogP contribution >= 0.6 is 0 Å². The molecule has 0 aliphatic carbocycles. The zero-order valence-corrected chi connectivity index (χ0v) is 50.0. The summed E-state index contributed by atoms with van der Waals surface area (Å²) in [5, 5.41) is 9.43. The number of para-hydroxylation sites is 3. The van der Waals surface area contributed by atoms with Crippen molar-refractivity contribution in [3.05, 3.63) is 269 Å². The van der Waals surface area contributed by atoms with Crippen LogP contribution in [-0.4, -0.2) is 32.8 Å². The summed E-state index contributed by atoms with van der Waals surface area (Å²) in [7, 11) is 0. The van der Waals surface area contributed by atoms with Crippen molar-refractivity contribution in [2.75, 3.05) is 0 Å². The minimum Gasteiger partial charge on any atom is -0.306 e. The standard InChI is InChI=1S/C80H61N7/c1-46-21-29-65-55(38-46)56-39-47(2)22-30-66(56)84(65)76-74(64-19-14-15-37-81-64)77(85-67-31-23-48(3)40-57(67)58-41-49(4)24-32-68(58)85)79(87-71-35-27-52(7)44-61(71)62-45-53(8)28-36-72(62)87)75(80-82-63-18-12-13-20-73(63)83(80)54-16-10-9-11-17-54)78(76)86-69-33-25-50(5)42-59(69)60-43-51(6)26-34-70(60)86/h9-45H,1-8H3. The average molecular weight is 1120 g/mol. The van der Waals surface area contributed by atoms with Crippen LogP contribution in [0.25, 0.3) is 149 Å². The molecule has 0 saturated carbocycles. The molecule has 0 saturated heterocycles. The molecule has 0 N–H and O–H groups in total. The van der Waals surface area contributed by atoms with Gasteiger partial charge in [-0.25, -0.2) is 4.98 Å². The monoisotopic (exact) mass is 1120 g/mol. The number of fused-ring (bicyclic) bond motifs is 13. The van der Waals surface area contributed by atoms with E-state index in [9.17, 15) is 0 Å². The molecule has 6 heterocycles. The number of hydrogen-bond acceptors (Lipinski definition) is 2. The van der Waals surface area contributed by atoms with Crippen molar-refractivity contribution in [3.8, 4) is 51.1 Å². The molecule has 0 radical (unpaired) electrons. The molecule has 6 aromatic heterocycles. The zero-order chi connectivity index (χ0) is 58.7. The summed E-state index contributed by atoms with van der Waals surface area (Å²) >= 11 is 0. The minimum absolute atomic E-state index is 0.797. The number of rotatable bonds is 7. The van der Waals surface area contributed by atoms with Gasteiger partial charge in [-0.15, -0.1) is 0 Å².